The number of likely N-dealkylation sites (tertiary alicyclic amines) is 2. The van der Waals surface area contributed by atoms with E-state index in [2.05, 4.69) is 44.8 Å². The van der Waals surface area contributed by atoms with Crippen molar-refractivity contribution in [2.24, 2.45) is 11.1 Å². The molecule has 0 spiro atoms. The number of rotatable bonds is 13. The van der Waals surface area contributed by atoms with Crippen LogP contribution in [0.2, 0.25) is 0 Å². The molecule has 14 heteroatoms. The maximum absolute atomic E-state index is 14.4. The summed E-state index contributed by atoms with van der Waals surface area (Å²) in [4.78, 5) is 85.4. The van der Waals surface area contributed by atoms with E-state index >= 15 is 0 Å². The standard InChI is InChI=1S/C45H64N8O6/c1-27(47-5)40(55)51-39(45(2,3)4)44(59)53-26-30(25-37(53)42(57)50-35-20-11-16-29-14-7-9-18-32(29)35)48-38(54)23-22-33(46)43(58)52-24-12-21-36(52)41(56)49-34-19-10-15-28-13-6-8-17-31(28)34/h6-9,13-14,17-18,27,30,33-37,39,47H,10-12,15-16,19-26,46H2,1-5H3,(H,48,54)(H,49,56)(H,50,57)(H,51,55)/t27-,30-,33-,34+,35+,36-,37-,39+/m0/s1. The zero-order valence-corrected chi connectivity index (χ0v) is 35.4. The lowest BCUT2D eigenvalue weighted by atomic mass is 9.85. The molecule has 0 unspecified atom stereocenters. The number of likely N-dealkylation sites (N-methyl/N-ethyl adjacent to an activating group) is 1. The van der Waals surface area contributed by atoms with Gasteiger partial charge in [0.15, 0.2) is 0 Å². The van der Waals surface area contributed by atoms with Gasteiger partial charge in [0.1, 0.15) is 18.1 Å². The fourth-order valence-corrected chi connectivity index (χ4v) is 9.22. The monoisotopic (exact) mass is 812 g/mol. The van der Waals surface area contributed by atoms with E-state index in [4.69, 9.17) is 5.73 Å². The van der Waals surface area contributed by atoms with Gasteiger partial charge in [-0.25, -0.2) is 0 Å². The molecule has 8 atom stereocenters. The molecule has 2 aliphatic carbocycles. The summed E-state index contributed by atoms with van der Waals surface area (Å²) < 4.78 is 0. The summed E-state index contributed by atoms with van der Waals surface area (Å²) in [6.07, 6.45) is 6.84. The SMILES string of the molecule is CN[C@@H](C)C(=O)N[C@H](C(=O)N1C[C@@H](NC(=O)CC[C@H](N)C(=O)N2CCC[C@H]2C(=O)N[C@@H]2CCCc3ccccc32)C[C@H]1C(=O)N[C@@H]1CCCc2ccccc21)C(C)(C)C. The maximum Gasteiger partial charge on any atom is 0.246 e. The topological polar surface area (TPSA) is 195 Å². The smallest absolute Gasteiger partial charge is 0.246 e. The highest BCUT2D eigenvalue weighted by atomic mass is 16.2. The lowest BCUT2D eigenvalue weighted by molar-refractivity contribution is -0.144. The molecule has 2 fully saturated rings. The molecule has 320 valence electrons. The van der Waals surface area contributed by atoms with Crippen molar-refractivity contribution in [1.29, 1.82) is 0 Å². The van der Waals surface area contributed by atoms with Crippen molar-refractivity contribution < 1.29 is 28.8 Å². The van der Waals surface area contributed by atoms with Crippen LogP contribution in [0.15, 0.2) is 48.5 Å². The van der Waals surface area contributed by atoms with E-state index in [1.807, 2.05) is 51.1 Å². The molecule has 0 bridgehead atoms. The number of nitrogens with one attached hydrogen (secondary N) is 5. The van der Waals surface area contributed by atoms with Crippen molar-refractivity contribution in [3.63, 3.8) is 0 Å². The average Bonchev–Trinajstić information content (AvgIpc) is 3.89. The van der Waals surface area contributed by atoms with Crippen LogP contribution in [0.1, 0.15) is 120 Å². The molecule has 6 rings (SSSR count). The van der Waals surface area contributed by atoms with Gasteiger partial charge in [-0.05, 0) is 106 Å². The molecule has 2 aliphatic heterocycles. The minimum Gasteiger partial charge on any atom is -0.351 e. The first-order chi connectivity index (χ1) is 28.2. The summed E-state index contributed by atoms with van der Waals surface area (Å²) in [6, 6.07) is 11.3. The number of fused-ring (bicyclic) bond motifs is 2. The Hall–Kier alpha value is -4.82. The number of amides is 6. The molecule has 0 saturated carbocycles. The van der Waals surface area contributed by atoms with Crippen molar-refractivity contribution in [2.75, 3.05) is 20.1 Å². The fourth-order valence-electron chi connectivity index (χ4n) is 9.22. The van der Waals surface area contributed by atoms with Gasteiger partial charge >= 0.3 is 0 Å². The third-order valence-corrected chi connectivity index (χ3v) is 12.7. The molecule has 0 aromatic heterocycles. The normalized spacial score (nSPS) is 24.2. The molecule has 7 N–H and O–H groups in total. The first-order valence-corrected chi connectivity index (χ1v) is 21.6. The largest absolute Gasteiger partial charge is 0.351 e. The Morgan fingerprint density at radius 2 is 1.34 bits per heavy atom. The van der Waals surface area contributed by atoms with Crippen LogP contribution in [0.5, 0.6) is 0 Å². The third kappa shape index (κ3) is 10.3. The zero-order valence-electron chi connectivity index (χ0n) is 35.4. The van der Waals surface area contributed by atoms with Gasteiger partial charge < -0.3 is 42.1 Å². The Kier molecular flexibility index (Phi) is 14.1. The van der Waals surface area contributed by atoms with E-state index in [0.717, 1.165) is 49.7 Å². The molecule has 2 saturated heterocycles. The predicted molar refractivity (Wildman–Crippen MR) is 224 cm³/mol. The van der Waals surface area contributed by atoms with E-state index in [1.54, 1.807) is 18.9 Å². The van der Waals surface area contributed by atoms with Gasteiger partial charge in [0.2, 0.25) is 35.4 Å². The first kappa shape index (κ1) is 43.8. The molecular formula is C45H64N8O6. The Labute approximate surface area is 348 Å². The highest BCUT2D eigenvalue weighted by Gasteiger charge is 2.46. The van der Waals surface area contributed by atoms with E-state index in [1.165, 1.54) is 16.0 Å². The minimum atomic E-state index is -0.987. The number of aryl methyl sites for hydroxylation is 2. The number of benzene rings is 2. The number of nitrogens with two attached hydrogens (primary N) is 1. The van der Waals surface area contributed by atoms with Crippen molar-refractivity contribution in [2.45, 2.75) is 147 Å². The summed E-state index contributed by atoms with van der Waals surface area (Å²) >= 11 is 0. The summed E-state index contributed by atoms with van der Waals surface area (Å²) in [6.45, 7) is 7.77. The van der Waals surface area contributed by atoms with E-state index in [-0.39, 0.29) is 67.4 Å². The molecule has 0 radical (unpaired) electrons. The van der Waals surface area contributed by atoms with Gasteiger partial charge in [-0.3, -0.25) is 28.8 Å². The summed E-state index contributed by atoms with van der Waals surface area (Å²) in [7, 11) is 1.66. The second kappa shape index (κ2) is 19.1. The van der Waals surface area contributed by atoms with Crippen LogP contribution >= 0.6 is 0 Å². The highest BCUT2D eigenvalue weighted by molar-refractivity contribution is 5.94. The van der Waals surface area contributed by atoms with Crippen LogP contribution in [0.25, 0.3) is 0 Å². The number of hydrogen-bond donors (Lipinski definition) is 6. The number of carbonyl (C=O) groups excluding carboxylic acids is 6. The van der Waals surface area contributed by atoms with Crippen molar-refractivity contribution in [3.8, 4) is 0 Å². The Bertz CT molecular complexity index is 1880. The van der Waals surface area contributed by atoms with Gasteiger partial charge in [-0.1, -0.05) is 69.3 Å². The lowest BCUT2D eigenvalue weighted by Gasteiger charge is -2.36. The Morgan fingerprint density at radius 3 is 1.92 bits per heavy atom. The summed E-state index contributed by atoms with van der Waals surface area (Å²) in [5.74, 6) is -1.96. The molecule has 14 nitrogen and oxygen atoms in total. The molecule has 4 aliphatic rings. The number of carbonyl (C=O) groups is 6. The molecule has 2 heterocycles. The van der Waals surface area contributed by atoms with E-state index < -0.39 is 47.6 Å². The van der Waals surface area contributed by atoms with Crippen LogP contribution < -0.4 is 32.3 Å². The van der Waals surface area contributed by atoms with Gasteiger partial charge in [0, 0.05) is 25.6 Å². The predicted octanol–water partition coefficient (Wildman–Crippen LogP) is 2.70. The first-order valence-electron chi connectivity index (χ1n) is 21.6. The molecule has 2 aromatic rings. The van der Waals surface area contributed by atoms with Crippen molar-refractivity contribution in [1.82, 2.24) is 36.4 Å². The second-order valence-electron chi connectivity index (χ2n) is 18.0. The van der Waals surface area contributed by atoms with Crippen LogP contribution in [0.3, 0.4) is 0 Å². The van der Waals surface area contributed by atoms with Crippen molar-refractivity contribution >= 4 is 35.4 Å². The third-order valence-electron chi connectivity index (χ3n) is 12.7. The molecular weight excluding hydrogens is 749 g/mol. The lowest BCUT2D eigenvalue weighted by Crippen LogP contribution is -2.59. The average molecular weight is 813 g/mol. The Morgan fingerprint density at radius 1 is 0.763 bits per heavy atom. The quantitative estimate of drug-likeness (QED) is 0.178. The van der Waals surface area contributed by atoms with Crippen LogP contribution in [0, 0.1) is 5.41 Å². The molecule has 6 amide bonds. The van der Waals surface area contributed by atoms with Gasteiger partial charge in [0.05, 0.1) is 24.2 Å². The number of hydrogen-bond acceptors (Lipinski definition) is 8. The molecule has 2 aromatic carbocycles. The highest BCUT2D eigenvalue weighted by Crippen LogP contribution is 2.33. The second-order valence-corrected chi connectivity index (χ2v) is 18.0. The van der Waals surface area contributed by atoms with E-state index in [0.29, 0.717) is 19.4 Å². The summed E-state index contributed by atoms with van der Waals surface area (Å²) in [5, 5.41) is 15.2. The molecule has 59 heavy (non-hydrogen) atoms. The van der Waals surface area contributed by atoms with Crippen LogP contribution in [-0.4, -0.2) is 102 Å². The van der Waals surface area contributed by atoms with Gasteiger partial charge in [0.25, 0.3) is 0 Å². The van der Waals surface area contributed by atoms with E-state index in [9.17, 15) is 28.8 Å². The maximum atomic E-state index is 14.4. The Balaban J connectivity index is 1.09. The minimum absolute atomic E-state index is 0.0563. The summed E-state index contributed by atoms with van der Waals surface area (Å²) in [5.41, 5.74) is 10.3. The van der Waals surface area contributed by atoms with Crippen LogP contribution in [-0.2, 0) is 41.6 Å². The van der Waals surface area contributed by atoms with Crippen molar-refractivity contribution in [3.05, 3.63) is 70.8 Å². The van der Waals surface area contributed by atoms with Crippen LogP contribution in [0.4, 0.5) is 0 Å². The van der Waals surface area contributed by atoms with Gasteiger partial charge in [-0.2, -0.15) is 0 Å². The zero-order chi connectivity index (χ0) is 42.4. The van der Waals surface area contributed by atoms with Gasteiger partial charge in [-0.15, -0.1) is 0 Å². The fraction of sp³-hybridized carbons (Fsp3) is 0.600. The number of nitrogens with zero attached hydrogens (tertiary/aromatic N) is 2.